The van der Waals surface area contributed by atoms with Gasteiger partial charge in [0.1, 0.15) is 11.9 Å². The van der Waals surface area contributed by atoms with E-state index in [0.717, 1.165) is 0 Å². The second kappa shape index (κ2) is 1.66. The van der Waals surface area contributed by atoms with Crippen molar-refractivity contribution in [1.29, 1.82) is 0 Å². The third kappa shape index (κ3) is 0.443. The highest BCUT2D eigenvalue weighted by Gasteiger charge is 2.82. The molecule has 2 heterocycles. The zero-order chi connectivity index (χ0) is 8.51. The van der Waals surface area contributed by atoms with Gasteiger partial charge >= 0.3 is 0 Å². The predicted molar refractivity (Wildman–Crippen MR) is 39.6 cm³/mol. The molecule has 0 aromatic heterocycles. The molecule has 5 atom stereocenters. The van der Waals surface area contributed by atoms with E-state index in [0.29, 0.717) is 5.84 Å². The summed E-state index contributed by atoms with van der Waals surface area (Å²) < 4.78 is 5.44. The van der Waals surface area contributed by atoms with E-state index >= 15 is 0 Å². The van der Waals surface area contributed by atoms with Crippen molar-refractivity contribution in [3.05, 3.63) is 0 Å². The number of ether oxygens (including phenoxy) is 1. The summed E-state index contributed by atoms with van der Waals surface area (Å²) in [6.45, 7) is -0.153. The quantitative estimate of drug-likeness (QED) is 0.418. The van der Waals surface area contributed by atoms with Crippen LogP contribution >= 0.6 is 0 Å². The average Bonchev–Trinajstić information content (AvgIpc) is 2.43. The third-order valence-electron chi connectivity index (χ3n) is 3.12. The van der Waals surface area contributed by atoms with Crippen LogP contribution in [0.5, 0.6) is 0 Å². The lowest BCUT2D eigenvalue weighted by Gasteiger charge is -2.25. The van der Waals surface area contributed by atoms with E-state index in [1.54, 1.807) is 0 Å². The molecule has 5 heteroatoms. The Bertz CT molecular complexity index is 280. The molecule has 1 spiro atoms. The van der Waals surface area contributed by atoms with E-state index in [1.165, 1.54) is 0 Å². The standard InChI is InChI=1S/C7H10N2O3/c8-6-7-3(5(7)9-6)4(11)2(1-10)12-7/h2-5,10-11H,1H2,(H2,8,9)/t2-,3?,4?,5+,7?/m0/s1. The van der Waals surface area contributed by atoms with Crippen molar-refractivity contribution in [3.8, 4) is 0 Å². The molecule has 1 aliphatic carbocycles. The van der Waals surface area contributed by atoms with Gasteiger partial charge in [0.05, 0.1) is 24.7 Å². The molecule has 5 nitrogen and oxygen atoms in total. The number of aliphatic imine (C=N–C) groups is 1. The van der Waals surface area contributed by atoms with Crippen LogP contribution in [-0.4, -0.2) is 46.5 Å². The number of nitrogens with two attached hydrogens (primary N) is 1. The molecule has 1 saturated heterocycles. The van der Waals surface area contributed by atoms with Crippen LogP contribution in [0.1, 0.15) is 0 Å². The molecule has 12 heavy (non-hydrogen) atoms. The van der Waals surface area contributed by atoms with Gasteiger partial charge in [-0.3, -0.25) is 4.99 Å². The molecular formula is C7H10N2O3. The van der Waals surface area contributed by atoms with E-state index in [4.69, 9.17) is 15.6 Å². The van der Waals surface area contributed by atoms with Gasteiger partial charge in [-0.2, -0.15) is 0 Å². The van der Waals surface area contributed by atoms with Crippen LogP contribution in [0, 0.1) is 5.92 Å². The maximum atomic E-state index is 9.58. The number of aliphatic hydroxyl groups is 2. The monoisotopic (exact) mass is 170 g/mol. The molecule has 2 fully saturated rings. The summed E-state index contributed by atoms with van der Waals surface area (Å²) in [5, 5.41) is 18.4. The van der Waals surface area contributed by atoms with Gasteiger partial charge in [-0.1, -0.05) is 0 Å². The van der Waals surface area contributed by atoms with Gasteiger partial charge in [0.15, 0.2) is 5.60 Å². The SMILES string of the molecule is NC1=N[C@@H]2C3C(O)[C@H](CO)OC132. The summed E-state index contributed by atoms with van der Waals surface area (Å²) in [5.74, 6) is 0.488. The first-order valence-corrected chi connectivity index (χ1v) is 4.02. The Morgan fingerprint density at radius 1 is 1.67 bits per heavy atom. The fourth-order valence-electron chi connectivity index (χ4n) is 2.40. The minimum atomic E-state index is -0.607. The fourth-order valence-corrected chi connectivity index (χ4v) is 2.40. The smallest absolute Gasteiger partial charge is 0.155 e. The Kier molecular flexibility index (Phi) is 0.943. The van der Waals surface area contributed by atoms with Gasteiger partial charge in [0.25, 0.3) is 0 Å². The van der Waals surface area contributed by atoms with Crippen molar-refractivity contribution >= 4 is 5.84 Å². The molecule has 1 saturated carbocycles. The average molecular weight is 170 g/mol. The first-order valence-electron chi connectivity index (χ1n) is 4.02. The van der Waals surface area contributed by atoms with Gasteiger partial charge in [-0.15, -0.1) is 0 Å². The second-order valence-electron chi connectivity index (χ2n) is 3.61. The molecule has 3 rings (SSSR count). The molecule has 3 aliphatic rings. The highest BCUT2D eigenvalue weighted by Crippen LogP contribution is 2.63. The summed E-state index contributed by atoms with van der Waals surface area (Å²) in [5.41, 5.74) is 5.07. The van der Waals surface area contributed by atoms with Gasteiger partial charge in [0.2, 0.25) is 0 Å². The van der Waals surface area contributed by atoms with E-state index in [2.05, 4.69) is 4.99 Å². The molecule has 0 amide bonds. The summed E-state index contributed by atoms with van der Waals surface area (Å²) in [7, 11) is 0. The van der Waals surface area contributed by atoms with Crippen LogP contribution in [0.4, 0.5) is 0 Å². The summed E-state index contributed by atoms with van der Waals surface area (Å²) in [4.78, 5) is 4.02. The van der Waals surface area contributed by atoms with Crippen LogP contribution in [-0.2, 0) is 4.74 Å². The summed E-state index contributed by atoms with van der Waals surface area (Å²) >= 11 is 0. The Morgan fingerprint density at radius 2 is 2.42 bits per heavy atom. The molecule has 0 radical (unpaired) electrons. The van der Waals surface area contributed by atoms with Crippen LogP contribution in [0.15, 0.2) is 4.99 Å². The van der Waals surface area contributed by atoms with Crippen LogP contribution in [0.2, 0.25) is 0 Å². The number of hydrogen-bond acceptors (Lipinski definition) is 5. The lowest BCUT2D eigenvalue weighted by Crippen LogP contribution is -2.45. The van der Waals surface area contributed by atoms with Crippen molar-refractivity contribution in [1.82, 2.24) is 0 Å². The summed E-state index contributed by atoms with van der Waals surface area (Å²) in [6.07, 6.45) is -1.08. The Labute approximate surface area is 68.8 Å². The Balaban J connectivity index is 1.89. The molecule has 3 unspecified atom stereocenters. The predicted octanol–water partition coefficient (Wildman–Crippen LogP) is -2.15. The largest absolute Gasteiger partial charge is 0.394 e. The highest BCUT2D eigenvalue weighted by molar-refractivity contribution is 6.01. The zero-order valence-electron chi connectivity index (χ0n) is 6.34. The number of hydrogen-bond donors (Lipinski definition) is 3. The molecular weight excluding hydrogens is 160 g/mol. The number of aliphatic hydroxyl groups excluding tert-OH is 2. The van der Waals surface area contributed by atoms with Crippen molar-refractivity contribution in [2.45, 2.75) is 23.9 Å². The molecule has 4 N–H and O–H groups in total. The Hall–Kier alpha value is -0.650. The highest BCUT2D eigenvalue weighted by atomic mass is 16.6. The molecule has 66 valence electrons. The van der Waals surface area contributed by atoms with Crippen LogP contribution in [0.3, 0.4) is 0 Å². The molecule has 0 aromatic carbocycles. The Morgan fingerprint density at radius 3 is 2.92 bits per heavy atom. The van der Waals surface area contributed by atoms with E-state index < -0.39 is 17.8 Å². The molecule has 0 bridgehead atoms. The minimum Gasteiger partial charge on any atom is -0.394 e. The number of rotatable bonds is 1. The lowest BCUT2D eigenvalue weighted by atomic mass is 10.1. The minimum absolute atomic E-state index is 0.00894. The normalized spacial score (nSPS) is 60.0. The maximum absolute atomic E-state index is 9.58. The van der Waals surface area contributed by atoms with Crippen molar-refractivity contribution in [3.63, 3.8) is 0 Å². The topological polar surface area (TPSA) is 88.1 Å². The van der Waals surface area contributed by atoms with E-state index in [-0.39, 0.29) is 18.6 Å². The van der Waals surface area contributed by atoms with Crippen molar-refractivity contribution in [2.75, 3.05) is 6.61 Å². The van der Waals surface area contributed by atoms with Crippen LogP contribution < -0.4 is 5.73 Å². The maximum Gasteiger partial charge on any atom is 0.155 e. The number of nitrogens with zero attached hydrogens (tertiary/aromatic N) is 1. The van der Waals surface area contributed by atoms with Gasteiger partial charge < -0.3 is 20.7 Å². The molecule has 2 aliphatic heterocycles. The van der Waals surface area contributed by atoms with E-state index in [1.807, 2.05) is 0 Å². The van der Waals surface area contributed by atoms with Gasteiger partial charge in [-0.05, 0) is 0 Å². The van der Waals surface area contributed by atoms with Gasteiger partial charge in [-0.25, -0.2) is 0 Å². The van der Waals surface area contributed by atoms with Crippen molar-refractivity contribution < 1.29 is 14.9 Å². The van der Waals surface area contributed by atoms with Crippen molar-refractivity contribution in [2.24, 2.45) is 16.6 Å². The number of fused-ring (bicyclic) bond motifs is 1. The lowest BCUT2D eigenvalue weighted by molar-refractivity contribution is -0.0492. The third-order valence-corrected chi connectivity index (χ3v) is 3.12. The summed E-state index contributed by atoms with van der Waals surface area (Å²) in [6, 6.07) is 0.0651. The number of amidine groups is 1. The second-order valence-corrected chi connectivity index (χ2v) is 3.61. The van der Waals surface area contributed by atoms with Crippen LogP contribution in [0.25, 0.3) is 0 Å². The molecule has 0 aromatic rings. The van der Waals surface area contributed by atoms with Gasteiger partial charge in [0, 0.05) is 0 Å². The van der Waals surface area contributed by atoms with E-state index in [9.17, 15) is 5.11 Å². The zero-order valence-corrected chi connectivity index (χ0v) is 6.34. The fraction of sp³-hybridized carbons (Fsp3) is 0.857. The first-order chi connectivity index (χ1) is 5.71. The first kappa shape index (κ1) is 6.82.